The van der Waals surface area contributed by atoms with Gasteiger partial charge in [-0.05, 0) is 52.7 Å². The van der Waals surface area contributed by atoms with Crippen LogP contribution in [0.25, 0.3) is 16.7 Å². The molecule has 2 N–H and O–H groups in total. The minimum atomic E-state index is -1.04. The summed E-state index contributed by atoms with van der Waals surface area (Å²) in [5, 5.41) is 0. The van der Waals surface area contributed by atoms with E-state index < -0.39 is 17.5 Å². The molecular formula is C14H9BrF3N3. The monoisotopic (exact) mass is 355 g/mol. The van der Waals surface area contributed by atoms with Crippen molar-refractivity contribution in [2.24, 2.45) is 0 Å². The van der Waals surface area contributed by atoms with Gasteiger partial charge in [-0.25, -0.2) is 18.2 Å². The number of imidazole rings is 1. The fourth-order valence-electron chi connectivity index (χ4n) is 2.24. The molecule has 0 aliphatic heterocycles. The van der Waals surface area contributed by atoms with Gasteiger partial charge in [-0.15, -0.1) is 0 Å². The maximum absolute atomic E-state index is 14.1. The highest BCUT2D eigenvalue weighted by Crippen LogP contribution is 2.30. The largest absolute Gasteiger partial charge is 0.369 e. The van der Waals surface area contributed by atoms with Crippen molar-refractivity contribution in [3.63, 3.8) is 0 Å². The van der Waals surface area contributed by atoms with Crippen LogP contribution in [0.15, 0.2) is 28.7 Å². The highest BCUT2D eigenvalue weighted by molar-refractivity contribution is 9.10. The van der Waals surface area contributed by atoms with E-state index in [0.29, 0.717) is 11.3 Å². The third kappa shape index (κ3) is 2.08. The second-order valence-corrected chi connectivity index (χ2v) is 5.44. The van der Waals surface area contributed by atoms with Gasteiger partial charge in [-0.1, -0.05) is 0 Å². The Kier molecular flexibility index (Phi) is 3.16. The fourth-order valence-corrected chi connectivity index (χ4v) is 2.57. The Hall–Kier alpha value is -2.02. The molecule has 7 heteroatoms. The number of anilines is 1. The lowest BCUT2D eigenvalue weighted by Crippen LogP contribution is -2.04. The number of benzene rings is 2. The summed E-state index contributed by atoms with van der Waals surface area (Å²) in [6.45, 7) is 1.65. The highest BCUT2D eigenvalue weighted by Gasteiger charge is 2.19. The van der Waals surface area contributed by atoms with Crippen LogP contribution in [-0.4, -0.2) is 9.55 Å². The van der Waals surface area contributed by atoms with Crippen molar-refractivity contribution in [3.8, 4) is 5.69 Å². The molecule has 3 nitrogen and oxygen atoms in total. The fraction of sp³-hybridized carbons (Fsp3) is 0.0714. The molecule has 0 aliphatic rings. The Morgan fingerprint density at radius 2 is 1.86 bits per heavy atom. The number of nitrogens with two attached hydrogens (primary N) is 1. The van der Waals surface area contributed by atoms with E-state index in [1.807, 2.05) is 0 Å². The van der Waals surface area contributed by atoms with Gasteiger partial charge in [-0.3, -0.25) is 4.57 Å². The Balaban J connectivity index is 2.43. The molecule has 108 valence electrons. The molecule has 3 aromatic rings. The molecule has 1 aromatic heterocycles. The van der Waals surface area contributed by atoms with E-state index in [1.165, 1.54) is 22.8 Å². The molecule has 0 aliphatic carbocycles. The normalized spacial score (nSPS) is 11.3. The predicted octanol–water partition coefficient (Wildman–Crippen LogP) is 4.10. The van der Waals surface area contributed by atoms with Crippen molar-refractivity contribution >= 4 is 32.9 Å². The summed E-state index contributed by atoms with van der Waals surface area (Å²) in [5.74, 6) is -2.50. The maximum atomic E-state index is 14.1. The van der Waals surface area contributed by atoms with Crippen molar-refractivity contribution < 1.29 is 13.2 Å². The topological polar surface area (TPSA) is 43.8 Å². The molecule has 3 rings (SSSR count). The zero-order valence-corrected chi connectivity index (χ0v) is 12.4. The SMILES string of the molecule is Cc1cc(F)c(Br)cc1-n1c(N)nc2ccc(F)c(F)c21. The van der Waals surface area contributed by atoms with E-state index in [4.69, 9.17) is 5.73 Å². The first kappa shape index (κ1) is 13.9. The lowest BCUT2D eigenvalue weighted by Gasteiger charge is -2.11. The first-order valence-corrected chi connectivity index (χ1v) is 6.77. The number of aryl methyl sites for hydroxylation is 1. The van der Waals surface area contributed by atoms with E-state index in [0.717, 1.165) is 6.07 Å². The van der Waals surface area contributed by atoms with Crippen LogP contribution in [0.2, 0.25) is 0 Å². The lowest BCUT2D eigenvalue weighted by molar-refractivity contribution is 0.514. The zero-order chi connectivity index (χ0) is 15.3. The third-order valence-corrected chi connectivity index (χ3v) is 3.82. The predicted molar refractivity (Wildman–Crippen MR) is 77.8 cm³/mol. The third-order valence-electron chi connectivity index (χ3n) is 3.22. The number of halogens is 4. The Morgan fingerprint density at radius 3 is 2.57 bits per heavy atom. The van der Waals surface area contributed by atoms with Gasteiger partial charge < -0.3 is 5.73 Å². The number of aromatic nitrogens is 2. The summed E-state index contributed by atoms with van der Waals surface area (Å²) in [6.07, 6.45) is 0. The maximum Gasteiger partial charge on any atom is 0.206 e. The molecule has 0 bridgehead atoms. The first-order chi connectivity index (χ1) is 9.90. The van der Waals surface area contributed by atoms with E-state index in [2.05, 4.69) is 20.9 Å². The average Bonchev–Trinajstić information content (AvgIpc) is 2.75. The summed E-state index contributed by atoms with van der Waals surface area (Å²) in [7, 11) is 0. The van der Waals surface area contributed by atoms with Gasteiger partial charge in [0.25, 0.3) is 0 Å². The van der Waals surface area contributed by atoms with E-state index in [1.54, 1.807) is 6.92 Å². The van der Waals surface area contributed by atoms with Crippen LogP contribution in [0.5, 0.6) is 0 Å². The molecular weight excluding hydrogens is 347 g/mol. The molecule has 0 saturated carbocycles. The zero-order valence-electron chi connectivity index (χ0n) is 10.8. The number of fused-ring (bicyclic) bond motifs is 1. The number of hydrogen-bond acceptors (Lipinski definition) is 2. The van der Waals surface area contributed by atoms with Gasteiger partial charge in [-0.2, -0.15) is 0 Å². The molecule has 0 saturated heterocycles. The number of rotatable bonds is 1. The molecule has 1 heterocycles. The van der Waals surface area contributed by atoms with E-state index in [-0.39, 0.29) is 21.5 Å². The van der Waals surface area contributed by atoms with Gasteiger partial charge in [0.2, 0.25) is 5.95 Å². The average molecular weight is 356 g/mol. The van der Waals surface area contributed by atoms with Crippen molar-refractivity contribution in [2.45, 2.75) is 6.92 Å². The summed E-state index contributed by atoms with van der Waals surface area (Å²) in [5.41, 5.74) is 6.91. The second kappa shape index (κ2) is 4.77. The molecule has 21 heavy (non-hydrogen) atoms. The number of hydrogen-bond donors (Lipinski definition) is 1. The number of nitrogens with zero attached hydrogens (tertiary/aromatic N) is 2. The van der Waals surface area contributed by atoms with Crippen LogP contribution in [0, 0.1) is 24.4 Å². The van der Waals surface area contributed by atoms with Crippen molar-refractivity contribution in [3.05, 3.63) is 51.8 Å². The van der Waals surface area contributed by atoms with Gasteiger partial charge in [0.05, 0.1) is 15.7 Å². The molecule has 0 radical (unpaired) electrons. The quantitative estimate of drug-likeness (QED) is 0.714. The van der Waals surface area contributed by atoms with E-state index in [9.17, 15) is 13.2 Å². The Labute approximate surface area is 126 Å². The second-order valence-electron chi connectivity index (χ2n) is 4.59. The highest BCUT2D eigenvalue weighted by atomic mass is 79.9. The Bertz CT molecular complexity index is 874. The van der Waals surface area contributed by atoms with Crippen LogP contribution < -0.4 is 5.73 Å². The van der Waals surface area contributed by atoms with Crippen molar-refractivity contribution in [1.29, 1.82) is 0 Å². The van der Waals surface area contributed by atoms with Gasteiger partial charge in [0.15, 0.2) is 11.6 Å². The van der Waals surface area contributed by atoms with Gasteiger partial charge in [0, 0.05) is 0 Å². The minimum Gasteiger partial charge on any atom is -0.369 e. The lowest BCUT2D eigenvalue weighted by atomic mass is 10.2. The minimum absolute atomic E-state index is 0.00360. The van der Waals surface area contributed by atoms with Crippen LogP contribution >= 0.6 is 15.9 Å². The summed E-state index contributed by atoms with van der Waals surface area (Å²) < 4.78 is 42.6. The van der Waals surface area contributed by atoms with Gasteiger partial charge >= 0.3 is 0 Å². The molecule has 0 spiro atoms. The number of nitrogen functional groups attached to an aromatic ring is 1. The molecule has 0 unspecified atom stereocenters. The van der Waals surface area contributed by atoms with Crippen LogP contribution in [-0.2, 0) is 0 Å². The molecule has 0 atom stereocenters. The molecule has 2 aromatic carbocycles. The summed E-state index contributed by atoms with van der Waals surface area (Å²) in [4.78, 5) is 4.01. The summed E-state index contributed by atoms with van der Waals surface area (Å²) >= 11 is 3.07. The van der Waals surface area contributed by atoms with Crippen LogP contribution in [0.4, 0.5) is 19.1 Å². The van der Waals surface area contributed by atoms with Crippen LogP contribution in [0.1, 0.15) is 5.56 Å². The van der Waals surface area contributed by atoms with Crippen LogP contribution in [0.3, 0.4) is 0 Å². The first-order valence-electron chi connectivity index (χ1n) is 5.98. The standard InChI is InChI=1S/C14H9BrF3N3/c1-6-4-9(17)7(15)5-11(6)21-13-10(20-14(21)19)3-2-8(16)12(13)18/h2-5H,1H3,(H2,19,20). The smallest absolute Gasteiger partial charge is 0.206 e. The molecule has 0 fully saturated rings. The van der Waals surface area contributed by atoms with E-state index >= 15 is 0 Å². The van der Waals surface area contributed by atoms with Crippen molar-refractivity contribution in [2.75, 3.05) is 5.73 Å². The van der Waals surface area contributed by atoms with Gasteiger partial charge in [0.1, 0.15) is 11.3 Å². The summed E-state index contributed by atoms with van der Waals surface area (Å²) in [6, 6.07) is 5.06. The van der Waals surface area contributed by atoms with Crippen molar-refractivity contribution in [1.82, 2.24) is 9.55 Å². The molecule has 0 amide bonds. The Morgan fingerprint density at radius 1 is 1.14 bits per heavy atom.